The van der Waals surface area contributed by atoms with Crippen LogP contribution in [0.5, 0.6) is 0 Å². The van der Waals surface area contributed by atoms with E-state index in [9.17, 15) is 16.8 Å². The molecule has 0 aliphatic carbocycles. The predicted octanol–water partition coefficient (Wildman–Crippen LogP) is -0.253. The van der Waals surface area contributed by atoms with Crippen LogP contribution >= 0.6 is 0 Å². The number of hydrogen-bond donors (Lipinski definition) is 0. The van der Waals surface area contributed by atoms with E-state index < -0.39 is 31.1 Å². The highest BCUT2D eigenvalue weighted by Gasteiger charge is 2.33. The largest absolute Gasteiger partial charge is 0.285 e. The van der Waals surface area contributed by atoms with E-state index in [1.165, 1.54) is 6.92 Å². The monoisotopic (exact) mass is 240 g/mol. The second kappa shape index (κ2) is 4.77. The van der Waals surface area contributed by atoms with Crippen molar-refractivity contribution in [2.24, 2.45) is 0 Å². The van der Waals surface area contributed by atoms with Gasteiger partial charge in [0.2, 0.25) is 0 Å². The van der Waals surface area contributed by atoms with E-state index in [0.29, 0.717) is 0 Å². The van der Waals surface area contributed by atoms with E-state index in [2.05, 4.69) is 4.18 Å². The van der Waals surface area contributed by atoms with Crippen LogP contribution in [0.15, 0.2) is 0 Å². The summed E-state index contributed by atoms with van der Waals surface area (Å²) >= 11 is 0. The van der Waals surface area contributed by atoms with Crippen LogP contribution in [0.25, 0.3) is 0 Å². The van der Waals surface area contributed by atoms with Crippen molar-refractivity contribution in [1.82, 2.24) is 0 Å². The highest BCUT2D eigenvalue weighted by atomic mass is 32.3. The lowest BCUT2D eigenvalue weighted by atomic mass is 10.6. The molecule has 0 aliphatic rings. The molecule has 1 unspecified atom stereocenters. The first-order valence-electron chi connectivity index (χ1n) is 3.76. The van der Waals surface area contributed by atoms with E-state index in [0.717, 1.165) is 6.26 Å². The molecular formula is C7H12O5S2. The molecule has 0 aromatic carbocycles. The summed E-state index contributed by atoms with van der Waals surface area (Å²) < 4.78 is 47.4. The van der Waals surface area contributed by atoms with Crippen molar-refractivity contribution < 1.29 is 21.0 Å². The first kappa shape index (κ1) is 13.4. The quantitative estimate of drug-likeness (QED) is 0.489. The zero-order chi connectivity index (χ0) is 11.4. The van der Waals surface area contributed by atoms with Crippen LogP contribution in [0.2, 0.25) is 0 Å². The molecule has 0 heterocycles. The Hall–Kier alpha value is -0.580. The molecule has 82 valence electrons. The third-order valence-corrected chi connectivity index (χ3v) is 5.91. The maximum absolute atomic E-state index is 11.3. The zero-order valence-electron chi connectivity index (χ0n) is 7.93. The van der Waals surface area contributed by atoms with Crippen molar-refractivity contribution in [3.05, 3.63) is 0 Å². The molecule has 7 heteroatoms. The normalized spacial score (nSPS) is 14.6. The van der Waals surface area contributed by atoms with Crippen molar-refractivity contribution >= 4 is 20.0 Å². The average Bonchev–Trinajstić information content (AvgIpc) is 1.98. The van der Waals surface area contributed by atoms with Crippen LogP contribution in [0.3, 0.4) is 0 Å². The molecule has 0 radical (unpaired) electrons. The highest BCUT2D eigenvalue weighted by Crippen LogP contribution is 2.14. The second-order valence-corrected chi connectivity index (χ2v) is 6.94. The molecule has 5 nitrogen and oxygen atoms in total. The fraction of sp³-hybridized carbons (Fsp3) is 0.714. The number of rotatable bonds is 5. The first-order chi connectivity index (χ1) is 6.25. The second-order valence-electron chi connectivity index (χ2n) is 2.63. The van der Waals surface area contributed by atoms with Crippen LogP contribution in [0.1, 0.15) is 13.3 Å². The van der Waals surface area contributed by atoms with Gasteiger partial charge in [-0.2, -0.15) is 8.42 Å². The van der Waals surface area contributed by atoms with Crippen LogP contribution in [0, 0.1) is 12.3 Å². The number of hydrogen-bond acceptors (Lipinski definition) is 5. The Bertz CT molecular complexity index is 411. The Morgan fingerprint density at radius 3 is 2.14 bits per heavy atom. The van der Waals surface area contributed by atoms with E-state index in [1.54, 1.807) is 0 Å². The Labute approximate surface area is 84.5 Å². The van der Waals surface area contributed by atoms with Gasteiger partial charge in [0.15, 0.2) is 14.4 Å². The minimum absolute atomic E-state index is 0.0638. The molecule has 14 heavy (non-hydrogen) atoms. The van der Waals surface area contributed by atoms with Gasteiger partial charge >= 0.3 is 0 Å². The predicted molar refractivity (Wildman–Crippen MR) is 52.6 cm³/mol. The van der Waals surface area contributed by atoms with E-state index in [-0.39, 0.29) is 6.42 Å². The van der Waals surface area contributed by atoms with Crippen molar-refractivity contribution in [2.45, 2.75) is 17.9 Å². The summed E-state index contributed by atoms with van der Waals surface area (Å²) in [6.07, 6.45) is 5.58. The molecule has 0 aliphatic heterocycles. The Balaban J connectivity index is 4.99. The molecule has 0 amide bonds. The third kappa shape index (κ3) is 3.65. The van der Waals surface area contributed by atoms with Gasteiger partial charge in [-0.1, -0.05) is 12.8 Å². The third-order valence-electron chi connectivity index (χ3n) is 1.44. The molecule has 0 N–H and O–H groups in total. The van der Waals surface area contributed by atoms with Crippen LogP contribution in [0.4, 0.5) is 0 Å². The van der Waals surface area contributed by atoms with E-state index in [4.69, 9.17) is 6.42 Å². The molecule has 1 atom stereocenters. The zero-order valence-corrected chi connectivity index (χ0v) is 9.56. The minimum Gasteiger partial charge on any atom is -0.256 e. The highest BCUT2D eigenvalue weighted by molar-refractivity contribution is 8.06. The summed E-state index contributed by atoms with van der Waals surface area (Å²) in [6, 6.07) is 0. The van der Waals surface area contributed by atoms with E-state index in [1.807, 2.05) is 5.92 Å². The van der Waals surface area contributed by atoms with Gasteiger partial charge in [0.25, 0.3) is 10.1 Å². The smallest absolute Gasteiger partial charge is 0.256 e. The number of terminal acetylenes is 1. The molecule has 0 aromatic heterocycles. The van der Waals surface area contributed by atoms with Crippen molar-refractivity contribution in [3.8, 4) is 12.3 Å². The lowest BCUT2D eigenvalue weighted by Crippen LogP contribution is -2.30. The van der Waals surface area contributed by atoms with Crippen LogP contribution in [-0.2, 0) is 24.1 Å². The number of sulfone groups is 1. The summed E-state index contributed by atoms with van der Waals surface area (Å²) in [4.78, 5) is 0. The van der Waals surface area contributed by atoms with Crippen LogP contribution < -0.4 is 0 Å². The van der Waals surface area contributed by atoms with Crippen LogP contribution in [-0.4, -0.2) is 34.3 Å². The van der Waals surface area contributed by atoms with Gasteiger partial charge in [0.05, 0.1) is 0 Å². The van der Waals surface area contributed by atoms with Gasteiger partial charge in [-0.05, 0) is 6.42 Å². The fourth-order valence-electron chi connectivity index (χ4n) is 0.913. The maximum atomic E-state index is 11.3. The minimum atomic E-state index is -4.12. The molecule has 0 aromatic rings. The SMILES string of the molecule is C#CCOS(=O)(=O)C(CC)S(C)(=O)=O. The van der Waals surface area contributed by atoms with E-state index >= 15 is 0 Å². The summed E-state index contributed by atoms with van der Waals surface area (Å²) in [6.45, 7) is 0.997. The lowest BCUT2D eigenvalue weighted by molar-refractivity contribution is 0.359. The molecule has 0 spiro atoms. The topological polar surface area (TPSA) is 77.5 Å². The molecule has 0 rings (SSSR count). The summed E-state index contributed by atoms with van der Waals surface area (Å²) in [5.74, 6) is 1.96. The first-order valence-corrected chi connectivity index (χ1v) is 7.19. The maximum Gasteiger partial charge on any atom is 0.285 e. The molecule has 0 saturated carbocycles. The van der Waals surface area contributed by atoms with Gasteiger partial charge < -0.3 is 0 Å². The van der Waals surface area contributed by atoms with Gasteiger partial charge in [-0.3, -0.25) is 4.18 Å². The molecule has 0 bridgehead atoms. The van der Waals surface area contributed by atoms with Crippen molar-refractivity contribution in [2.75, 3.05) is 12.9 Å². The Kier molecular flexibility index (Phi) is 4.58. The standard InChI is InChI=1S/C7H12O5S2/c1-4-6-12-14(10,11)7(5-2)13(3,8)9/h1,7H,5-6H2,2-3H3. The fourth-order valence-corrected chi connectivity index (χ4v) is 4.19. The van der Waals surface area contributed by atoms with Gasteiger partial charge in [0, 0.05) is 6.26 Å². The Morgan fingerprint density at radius 1 is 1.36 bits per heavy atom. The van der Waals surface area contributed by atoms with Crippen molar-refractivity contribution in [1.29, 1.82) is 0 Å². The summed E-state index contributed by atoms with van der Waals surface area (Å²) in [5, 5.41) is 0. The average molecular weight is 240 g/mol. The molecular weight excluding hydrogens is 228 g/mol. The van der Waals surface area contributed by atoms with Gasteiger partial charge in [-0.25, -0.2) is 8.42 Å². The lowest BCUT2D eigenvalue weighted by Gasteiger charge is -2.12. The summed E-state index contributed by atoms with van der Waals surface area (Å²) in [7, 11) is -7.81. The molecule has 0 saturated heterocycles. The van der Waals surface area contributed by atoms with Gasteiger partial charge in [0.1, 0.15) is 6.61 Å². The van der Waals surface area contributed by atoms with Gasteiger partial charge in [-0.15, -0.1) is 6.42 Å². The van der Waals surface area contributed by atoms with Crippen molar-refractivity contribution in [3.63, 3.8) is 0 Å². The summed E-state index contributed by atoms with van der Waals surface area (Å²) in [5.41, 5.74) is 0. The molecule has 0 fully saturated rings. The Morgan fingerprint density at radius 2 is 1.86 bits per heavy atom.